The first-order valence-corrected chi connectivity index (χ1v) is 8.41. The number of pyridine rings is 1. The summed E-state index contributed by atoms with van der Waals surface area (Å²) < 4.78 is 0. The van der Waals surface area contributed by atoms with Crippen molar-refractivity contribution in [3.05, 3.63) is 98.3 Å². The van der Waals surface area contributed by atoms with E-state index in [2.05, 4.69) is 15.6 Å². The monoisotopic (exact) mass is 407 g/mol. The molecular formula is C19H13N5O6. The van der Waals surface area contributed by atoms with Crippen molar-refractivity contribution in [1.82, 2.24) is 4.98 Å². The van der Waals surface area contributed by atoms with E-state index >= 15 is 0 Å². The molecule has 0 saturated heterocycles. The molecule has 2 aromatic carbocycles. The molecule has 2 N–H and O–H groups in total. The molecule has 0 atom stereocenters. The van der Waals surface area contributed by atoms with E-state index in [1.165, 1.54) is 66.9 Å². The number of aromatic nitrogens is 1. The summed E-state index contributed by atoms with van der Waals surface area (Å²) in [6.07, 6.45) is 1.18. The Balaban J connectivity index is 1.68. The molecule has 0 bridgehead atoms. The van der Waals surface area contributed by atoms with Gasteiger partial charge in [0.05, 0.1) is 15.4 Å². The number of amides is 2. The number of benzene rings is 2. The molecule has 0 saturated carbocycles. The lowest BCUT2D eigenvalue weighted by atomic mass is 10.2. The van der Waals surface area contributed by atoms with Gasteiger partial charge in [0.15, 0.2) is 0 Å². The van der Waals surface area contributed by atoms with Crippen molar-refractivity contribution in [2.45, 2.75) is 0 Å². The fourth-order valence-electron chi connectivity index (χ4n) is 2.46. The maximum Gasteiger partial charge on any atom is 0.274 e. The molecule has 0 radical (unpaired) electrons. The van der Waals surface area contributed by atoms with E-state index in [1.807, 2.05) is 0 Å². The number of nitrogens with zero attached hydrogens (tertiary/aromatic N) is 3. The van der Waals surface area contributed by atoms with Crippen LogP contribution < -0.4 is 10.6 Å². The van der Waals surface area contributed by atoms with Crippen LogP contribution in [0, 0.1) is 20.2 Å². The molecule has 1 aromatic heterocycles. The van der Waals surface area contributed by atoms with Gasteiger partial charge in [0.25, 0.3) is 23.2 Å². The van der Waals surface area contributed by atoms with Gasteiger partial charge in [-0.2, -0.15) is 0 Å². The summed E-state index contributed by atoms with van der Waals surface area (Å²) in [5.41, 5.74) is 0.250. The molecule has 150 valence electrons. The fraction of sp³-hybridized carbons (Fsp3) is 0. The average Bonchev–Trinajstić information content (AvgIpc) is 2.74. The summed E-state index contributed by atoms with van der Waals surface area (Å²) in [5.74, 6) is -1.17. The topological polar surface area (TPSA) is 157 Å². The lowest BCUT2D eigenvalue weighted by Gasteiger charge is -2.07. The zero-order valence-electron chi connectivity index (χ0n) is 15.1. The minimum atomic E-state index is -0.610. The van der Waals surface area contributed by atoms with E-state index in [9.17, 15) is 29.8 Å². The quantitative estimate of drug-likeness (QED) is 0.468. The number of carbonyl (C=O) groups is 2. The number of hydrogen-bond acceptors (Lipinski definition) is 7. The highest BCUT2D eigenvalue weighted by Crippen LogP contribution is 2.19. The number of non-ortho nitro benzene ring substituents is 2. The van der Waals surface area contributed by atoms with Crippen LogP contribution in [0.2, 0.25) is 0 Å². The third kappa shape index (κ3) is 4.78. The molecule has 0 aliphatic heterocycles. The Morgan fingerprint density at radius 3 is 1.77 bits per heavy atom. The van der Waals surface area contributed by atoms with E-state index < -0.39 is 21.7 Å². The molecule has 3 rings (SSSR count). The van der Waals surface area contributed by atoms with Crippen LogP contribution in [0.5, 0.6) is 0 Å². The van der Waals surface area contributed by atoms with Gasteiger partial charge < -0.3 is 10.6 Å². The van der Waals surface area contributed by atoms with Gasteiger partial charge in [-0.25, -0.2) is 0 Å². The van der Waals surface area contributed by atoms with Crippen molar-refractivity contribution in [1.29, 1.82) is 0 Å². The van der Waals surface area contributed by atoms with Crippen LogP contribution in [0.25, 0.3) is 0 Å². The summed E-state index contributed by atoms with van der Waals surface area (Å²) >= 11 is 0. The second kappa shape index (κ2) is 8.56. The summed E-state index contributed by atoms with van der Waals surface area (Å²) in [7, 11) is 0. The molecule has 11 nitrogen and oxygen atoms in total. The van der Waals surface area contributed by atoms with Gasteiger partial charge in [0.1, 0.15) is 5.69 Å². The Hall–Kier alpha value is -4.67. The van der Waals surface area contributed by atoms with E-state index in [1.54, 1.807) is 0 Å². The Bertz CT molecular complexity index is 1060. The van der Waals surface area contributed by atoms with Gasteiger partial charge in [-0.15, -0.1) is 0 Å². The predicted molar refractivity (Wildman–Crippen MR) is 106 cm³/mol. The summed E-state index contributed by atoms with van der Waals surface area (Å²) in [6.45, 7) is 0. The number of carbonyl (C=O) groups excluding carboxylic acids is 2. The Morgan fingerprint density at radius 1 is 0.767 bits per heavy atom. The number of nitro groups is 2. The lowest BCUT2D eigenvalue weighted by Crippen LogP contribution is -2.16. The maximum atomic E-state index is 12.3. The van der Waals surface area contributed by atoms with Crippen LogP contribution in [0.1, 0.15) is 20.8 Å². The zero-order chi connectivity index (χ0) is 21.7. The molecule has 0 aliphatic carbocycles. The standard InChI is InChI=1S/C19H13N5O6/c25-18(21-13-3-1-5-15(9-13)23(27)28)12-7-8-17(20-11-12)19(26)22-14-4-2-6-16(10-14)24(29)30/h1-11H,(H,21,25)(H,22,26). The van der Waals surface area contributed by atoms with Crippen LogP contribution in [-0.2, 0) is 0 Å². The third-order valence-corrected chi connectivity index (χ3v) is 3.89. The van der Waals surface area contributed by atoms with Crippen LogP contribution in [0.15, 0.2) is 66.9 Å². The minimum absolute atomic E-state index is 0.00611. The molecule has 11 heteroatoms. The summed E-state index contributed by atoms with van der Waals surface area (Å²) in [4.78, 5) is 48.9. The third-order valence-electron chi connectivity index (χ3n) is 3.89. The Morgan fingerprint density at radius 2 is 1.30 bits per heavy atom. The van der Waals surface area contributed by atoms with Gasteiger partial charge in [-0.3, -0.25) is 34.8 Å². The van der Waals surface area contributed by atoms with Crippen molar-refractivity contribution in [3.63, 3.8) is 0 Å². The molecule has 0 unspecified atom stereocenters. The molecule has 30 heavy (non-hydrogen) atoms. The average molecular weight is 407 g/mol. The van der Waals surface area contributed by atoms with E-state index in [0.29, 0.717) is 0 Å². The van der Waals surface area contributed by atoms with Crippen molar-refractivity contribution in [2.75, 3.05) is 10.6 Å². The molecule has 3 aromatic rings. The molecule has 0 fully saturated rings. The van der Waals surface area contributed by atoms with Gasteiger partial charge in [-0.1, -0.05) is 12.1 Å². The van der Waals surface area contributed by atoms with E-state index in [-0.39, 0.29) is 34.0 Å². The second-order valence-corrected chi connectivity index (χ2v) is 5.96. The first-order valence-electron chi connectivity index (χ1n) is 8.41. The number of hydrogen-bond donors (Lipinski definition) is 2. The highest BCUT2D eigenvalue weighted by Gasteiger charge is 2.14. The van der Waals surface area contributed by atoms with Gasteiger partial charge in [-0.05, 0) is 24.3 Å². The van der Waals surface area contributed by atoms with Crippen LogP contribution in [0.3, 0.4) is 0 Å². The molecule has 0 spiro atoms. The molecule has 1 heterocycles. The number of rotatable bonds is 6. The smallest absolute Gasteiger partial charge is 0.274 e. The summed E-state index contributed by atoms with van der Waals surface area (Å²) in [5, 5.41) is 26.6. The summed E-state index contributed by atoms with van der Waals surface area (Å²) in [6, 6.07) is 13.6. The van der Waals surface area contributed by atoms with Gasteiger partial charge in [0.2, 0.25) is 0 Å². The molecule has 0 aliphatic rings. The Kier molecular flexibility index (Phi) is 5.73. The number of nitrogens with one attached hydrogen (secondary N) is 2. The number of anilines is 2. The van der Waals surface area contributed by atoms with Crippen molar-refractivity contribution in [3.8, 4) is 0 Å². The van der Waals surface area contributed by atoms with Gasteiger partial charge in [0, 0.05) is 41.8 Å². The van der Waals surface area contributed by atoms with Crippen molar-refractivity contribution >= 4 is 34.6 Å². The van der Waals surface area contributed by atoms with Crippen molar-refractivity contribution < 1.29 is 19.4 Å². The number of nitro benzene ring substituents is 2. The first-order chi connectivity index (χ1) is 14.3. The molecular weight excluding hydrogens is 394 g/mol. The largest absolute Gasteiger partial charge is 0.322 e. The first kappa shape index (κ1) is 20.1. The van der Waals surface area contributed by atoms with Crippen LogP contribution in [-0.4, -0.2) is 26.6 Å². The Labute approximate surface area is 168 Å². The van der Waals surface area contributed by atoms with E-state index in [0.717, 1.165) is 0 Å². The fourth-order valence-corrected chi connectivity index (χ4v) is 2.46. The highest BCUT2D eigenvalue weighted by molar-refractivity contribution is 6.06. The van der Waals surface area contributed by atoms with Gasteiger partial charge >= 0.3 is 0 Å². The maximum absolute atomic E-state index is 12.3. The van der Waals surface area contributed by atoms with Crippen LogP contribution in [0.4, 0.5) is 22.7 Å². The molecule has 2 amide bonds. The highest BCUT2D eigenvalue weighted by atomic mass is 16.6. The second-order valence-electron chi connectivity index (χ2n) is 5.96. The predicted octanol–water partition coefficient (Wildman–Crippen LogP) is 3.40. The van der Waals surface area contributed by atoms with E-state index in [4.69, 9.17) is 0 Å². The minimum Gasteiger partial charge on any atom is -0.322 e. The van der Waals surface area contributed by atoms with Crippen molar-refractivity contribution in [2.24, 2.45) is 0 Å². The normalized spacial score (nSPS) is 10.1. The van der Waals surface area contributed by atoms with Crippen LogP contribution >= 0.6 is 0 Å². The lowest BCUT2D eigenvalue weighted by molar-refractivity contribution is -0.385. The zero-order valence-corrected chi connectivity index (χ0v) is 15.1. The SMILES string of the molecule is O=C(Nc1cccc([N+](=O)[O-])c1)c1ccc(C(=O)Nc2cccc([N+](=O)[O-])c2)nc1.